The second-order valence-electron chi connectivity index (χ2n) is 23.7. The molecule has 1 saturated heterocycles. The minimum Gasteiger partial charge on any atom is -0.423 e. The molecule has 0 bridgehead atoms. The van der Waals surface area contributed by atoms with Gasteiger partial charge in [0.15, 0.2) is 0 Å². The fourth-order valence-corrected chi connectivity index (χ4v) is 9.93. The number of likely N-dealkylation sites (tertiary alicyclic amines) is 1. The molecule has 1 aliphatic rings. The number of aryl methyl sites for hydroxylation is 3. The number of hydrogen-bond acceptors (Lipinski definition) is 29. The number of carbonyl (C=O) groups is 2. The van der Waals surface area contributed by atoms with Gasteiger partial charge in [0.2, 0.25) is 64.8 Å². The molecule has 7 heterocycles. The van der Waals surface area contributed by atoms with Gasteiger partial charge in [-0.05, 0) is 147 Å². The van der Waals surface area contributed by atoms with Gasteiger partial charge in [0.1, 0.15) is 11.5 Å². The van der Waals surface area contributed by atoms with Crippen molar-refractivity contribution in [2.75, 3.05) is 13.1 Å². The number of Topliss-reactive ketones (excluding diaryl/α,β-unsaturated/α-hetero) is 1. The minimum atomic E-state index is -1.51. The predicted molar refractivity (Wildman–Crippen MR) is 378 cm³/mol. The highest BCUT2D eigenvalue weighted by molar-refractivity contribution is 7.09. The number of carbonyl (C=O) groups excluding carboxylic acids is 2. The molecule has 0 radical (unpaired) electrons. The number of allylic oxidation sites excluding steroid dienone is 1. The molecular weight excluding hydrogens is 1340 g/mol. The van der Waals surface area contributed by atoms with Crippen LogP contribution in [0.3, 0.4) is 0 Å². The zero-order valence-electron chi connectivity index (χ0n) is 56.3. The first-order chi connectivity index (χ1) is 48.9. The summed E-state index contributed by atoms with van der Waals surface area (Å²) in [4.78, 5) is 28.5. The van der Waals surface area contributed by atoms with Crippen LogP contribution in [-0.4, -0.2) is 177 Å². The predicted octanol–water partition coefficient (Wildman–Crippen LogP) is 3.01. The van der Waals surface area contributed by atoms with Crippen molar-refractivity contribution in [1.82, 2.24) is 60.9 Å². The largest absolute Gasteiger partial charge is 0.488 e. The summed E-state index contributed by atoms with van der Waals surface area (Å²) in [5.41, 5.74) is 5.22. The molecule has 0 unspecified atom stereocenters. The lowest BCUT2D eigenvalue weighted by Crippen LogP contribution is -2.29. The Morgan fingerprint density at radius 2 is 0.912 bits per heavy atom. The van der Waals surface area contributed by atoms with Gasteiger partial charge in [-0.15, -0.1) is 62.3 Å². The van der Waals surface area contributed by atoms with Crippen LogP contribution in [0.4, 0.5) is 4.39 Å². The molecule has 10 N–H and O–H groups in total. The second kappa shape index (κ2) is 38.3. The maximum absolute atomic E-state index is 13.4. The van der Waals surface area contributed by atoms with Gasteiger partial charge in [0, 0.05) is 78.4 Å². The number of benzene rings is 5. The van der Waals surface area contributed by atoms with Crippen molar-refractivity contribution in [2.24, 2.45) is 0 Å². The van der Waals surface area contributed by atoms with E-state index in [1.165, 1.54) is 13.8 Å². The summed E-state index contributed by atoms with van der Waals surface area (Å²) < 4.78 is 41.0. The van der Waals surface area contributed by atoms with Crippen LogP contribution >= 0.6 is 11.3 Å². The Morgan fingerprint density at radius 3 is 1.26 bits per heavy atom. The van der Waals surface area contributed by atoms with Crippen LogP contribution in [0.25, 0.3) is 63.3 Å². The van der Waals surface area contributed by atoms with Crippen molar-refractivity contribution in [1.29, 1.82) is 0 Å². The van der Waals surface area contributed by atoms with Crippen molar-refractivity contribution >= 4 is 92.0 Å². The van der Waals surface area contributed by atoms with Gasteiger partial charge in [-0.25, -0.2) is 9.37 Å². The van der Waals surface area contributed by atoms with Crippen molar-refractivity contribution in [3.05, 3.63) is 173 Å². The maximum atomic E-state index is 13.4. The molecule has 0 atom stereocenters. The second-order valence-corrected chi connectivity index (χ2v) is 24.7. The third kappa shape index (κ3) is 24.8. The van der Waals surface area contributed by atoms with Crippen molar-refractivity contribution < 1.29 is 86.3 Å². The first-order valence-corrected chi connectivity index (χ1v) is 33.2. The number of rotatable bonds is 25. The molecule has 528 valence electrons. The van der Waals surface area contributed by atoms with Crippen LogP contribution in [0.1, 0.15) is 113 Å². The standard InChI is InChI=1S/C14H16BN3O4.C13H16BFN2O3.C13H12BN3O3S.C13H15BN2O4.C13H15BN2O3/c19-13-2-1-8-18(13)9-7-12-16-17-14(22-12)10-3-5-11(6-4-10)15(20)21;1-13(2,15)8-7-11-16-17-12(20-11)9-3-5-10(6-4-9)14(18)19;1-8-15-11(7-21-8)6-12-16-17-13(20-12)9-2-4-10(5-3-9)14(18)19;1-9(17)3-2-4-12-15-16-13(20-12)10-5-7-11(8-6-10)14(18)19;1-2-3-4-5-12-15-16-13(19-12)10-6-8-11(9-7-10)14(17)18/h3-6,20-21H,1-2,7-9H2;3-6,18-19H,7-8H2,1-2H3;2-5,7,18-19H,6H2,1H3;5-8,18-19H,2-4H2,1H3;4-9,17-18H,2-3H2,1H3/b;;;;5-4+. The van der Waals surface area contributed by atoms with E-state index < -0.39 is 41.3 Å². The molecule has 1 aliphatic heterocycles. The summed E-state index contributed by atoms with van der Waals surface area (Å²) in [6.07, 6.45) is 10.9. The molecule has 1 amide bonds. The molecule has 102 heavy (non-hydrogen) atoms. The number of nitrogens with zero attached hydrogens (tertiary/aromatic N) is 12. The fraction of sp³-hybridized carbons (Fsp3) is 0.288. The summed E-state index contributed by atoms with van der Waals surface area (Å²) in [6, 6.07) is 32.8. The van der Waals surface area contributed by atoms with Gasteiger partial charge in [-0.3, -0.25) is 4.79 Å². The Labute approximate surface area is 590 Å². The van der Waals surface area contributed by atoms with Gasteiger partial charge >= 0.3 is 35.6 Å². The number of halogens is 1. The molecule has 12 rings (SSSR count). The quantitative estimate of drug-likeness (QED) is 0.0368. The number of unbranched alkanes of at least 4 members (excludes halogenated alkanes) is 1. The van der Waals surface area contributed by atoms with E-state index in [0.29, 0.717) is 161 Å². The van der Waals surface area contributed by atoms with Crippen LogP contribution in [-0.2, 0) is 35.3 Å². The highest BCUT2D eigenvalue weighted by Gasteiger charge is 2.23. The van der Waals surface area contributed by atoms with E-state index in [4.69, 9.17) is 72.3 Å². The Kier molecular flexibility index (Phi) is 29.2. The third-order valence-corrected chi connectivity index (χ3v) is 15.7. The Morgan fingerprint density at radius 1 is 0.539 bits per heavy atom. The summed E-state index contributed by atoms with van der Waals surface area (Å²) in [5, 5.41) is 133. The molecule has 29 nitrogen and oxygen atoms in total. The summed E-state index contributed by atoms with van der Waals surface area (Å²) >= 11 is 1.58. The molecule has 1 fully saturated rings. The van der Waals surface area contributed by atoms with Gasteiger partial charge in [-0.1, -0.05) is 80.1 Å². The average Bonchev–Trinajstić information content (AvgIpc) is 1.79. The number of aromatic nitrogens is 11. The molecular formula is C66H74B5FN12O17S. The van der Waals surface area contributed by atoms with E-state index in [1.807, 2.05) is 18.4 Å². The molecule has 5 aromatic carbocycles. The van der Waals surface area contributed by atoms with Crippen LogP contribution in [0.2, 0.25) is 0 Å². The van der Waals surface area contributed by atoms with Gasteiger partial charge in [0.25, 0.3) is 0 Å². The van der Waals surface area contributed by atoms with E-state index in [2.05, 4.69) is 62.9 Å². The molecule has 6 aromatic heterocycles. The third-order valence-electron chi connectivity index (χ3n) is 14.9. The van der Waals surface area contributed by atoms with E-state index >= 15 is 0 Å². The highest BCUT2D eigenvalue weighted by atomic mass is 32.1. The van der Waals surface area contributed by atoms with E-state index in [9.17, 15) is 14.0 Å². The Balaban J connectivity index is 0.000000162. The SMILES string of the molecule is CC(=O)CCCc1nnc(-c2ccc(B(O)O)cc2)o1.CC(C)(F)CCc1nnc(-c2ccc(B(O)O)cc2)o1.CCC/C=C/c1nnc(-c2ccc(B(O)O)cc2)o1.Cc1nc(Cc2nnc(-c3ccc(B(O)O)cc3)o2)cs1.O=C1CCCN1CCc1nnc(-c2ccc(B(O)O)cc2)o1. The molecule has 0 saturated carbocycles. The summed E-state index contributed by atoms with van der Waals surface area (Å²) in [7, 11) is -7.44. The van der Waals surface area contributed by atoms with Crippen LogP contribution < -0.4 is 27.3 Å². The molecule has 36 heteroatoms. The van der Waals surface area contributed by atoms with Crippen molar-refractivity contribution in [2.45, 2.75) is 111 Å². The number of thiazole rings is 1. The van der Waals surface area contributed by atoms with Gasteiger partial charge in [-0.2, -0.15) is 0 Å². The lowest BCUT2D eigenvalue weighted by Gasteiger charge is -2.13. The normalized spacial score (nSPS) is 11.8. The zero-order chi connectivity index (χ0) is 73.3. The average molecular weight is 1410 g/mol. The number of ketones is 1. The summed E-state index contributed by atoms with van der Waals surface area (Å²) in [5.74, 6) is 4.55. The Bertz CT molecular complexity index is 4380. The molecule has 11 aromatic rings. The lowest BCUT2D eigenvalue weighted by atomic mass is 9.80. The van der Waals surface area contributed by atoms with Crippen molar-refractivity contribution in [3.63, 3.8) is 0 Å². The minimum absolute atomic E-state index is 0.142. The van der Waals surface area contributed by atoms with Crippen LogP contribution in [0.5, 0.6) is 0 Å². The number of hydrogen-bond donors (Lipinski definition) is 10. The number of alkyl halides is 1. The highest BCUT2D eigenvalue weighted by Crippen LogP contribution is 2.24. The smallest absolute Gasteiger partial charge is 0.423 e. The number of amides is 1. The van der Waals surface area contributed by atoms with E-state index in [1.54, 1.807) is 151 Å². The first-order valence-electron chi connectivity index (χ1n) is 32.4. The zero-order valence-corrected chi connectivity index (χ0v) is 57.2. The summed E-state index contributed by atoms with van der Waals surface area (Å²) in [6.45, 7) is 9.99. The van der Waals surface area contributed by atoms with Crippen molar-refractivity contribution in [3.8, 4) is 57.3 Å². The Hall–Kier alpha value is -9.84. The van der Waals surface area contributed by atoms with E-state index in [-0.39, 0.29) is 11.7 Å². The van der Waals surface area contributed by atoms with Gasteiger partial charge < -0.3 is 82.0 Å². The first kappa shape index (κ1) is 77.9. The fourth-order valence-electron chi connectivity index (χ4n) is 9.32. The monoisotopic (exact) mass is 1410 g/mol. The van der Waals surface area contributed by atoms with E-state index in [0.717, 1.165) is 47.6 Å². The van der Waals surface area contributed by atoms with Crippen LogP contribution in [0, 0.1) is 6.92 Å². The maximum Gasteiger partial charge on any atom is 0.488 e. The lowest BCUT2D eigenvalue weighted by molar-refractivity contribution is -0.127. The molecule has 0 spiro atoms. The topological polar surface area (TPSA) is 447 Å². The molecule has 0 aliphatic carbocycles. The van der Waals surface area contributed by atoms with Crippen LogP contribution in [0.15, 0.2) is 155 Å². The van der Waals surface area contributed by atoms with Gasteiger partial charge in [0.05, 0.1) is 17.1 Å².